The molecule has 0 amide bonds. The van der Waals surface area contributed by atoms with Gasteiger partial charge < -0.3 is 4.74 Å². The van der Waals surface area contributed by atoms with E-state index < -0.39 is 0 Å². The van der Waals surface area contributed by atoms with Crippen LogP contribution in [0, 0.1) is 13.8 Å². The number of benzene rings is 2. The molecule has 0 fully saturated rings. The Balaban J connectivity index is 2.19. The Hall–Kier alpha value is -2.20. The lowest BCUT2D eigenvalue weighted by Gasteiger charge is -2.09. The van der Waals surface area contributed by atoms with Gasteiger partial charge in [-0.25, -0.2) is 4.98 Å². The largest absolute Gasteiger partial charge is 0.426 e. The molecule has 4 heteroatoms. The monoisotopic (exact) mass is 297 g/mol. The molecule has 3 aromatic rings. The Kier molecular flexibility index (Phi) is 3.47. The number of fused-ring (bicyclic) bond motifs is 1. The van der Waals surface area contributed by atoms with Gasteiger partial charge >= 0.3 is 5.97 Å². The first kappa shape index (κ1) is 13.8. The third-order valence-electron chi connectivity index (χ3n) is 3.25. The molecule has 0 aliphatic heterocycles. The lowest BCUT2D eigenvalue weighted by atomic mass is 10.1. The Morgan fingerprint density at radius 2 is 2.00 bits per heavy atom. The highest BCUT2D eigenvalue weighted by Gasteiger charge is 2.15. The number of aromatic nitrogens is 1. The topological polar surface area (TPSA) is 39.2 Å². The van der Waals surface area contributed by atoms with E-state index in [1.54, 1.807) is 17.4 Å². The van der Waals surface area contributed by atoms with Crippen molar-refractivity contribution in [3.63, 3.8) is 0 Å². The van der Waals surface area contributed by atoms with Crippen LogP contribution < -0.4 is 4.74 Å². The molecular formula is C17H15NO2S. The van der Waals surface area contributed by atoms with Gasteiger partial charge in [0.1, 0.15) is 10.8 Å². The normalized spacial score (nSPS) is 10.8. The van der Waals surface area contributed by atoms with Crippen LogP contribution in [-0.2, 0) is 4.79 Å². The molecule has 0 atom stereocenters. The predicted octanol–water partition coefficient (Wildman–Crippen LogP) is 4.51. The number of ether oxygens (including phenoxy) is 1. The number of hydrogen-bond donors (Lipinski definition) is 0. The van der Waals surface area contributed by atoms with E-state index >= 15 is 0 Å². The van der Waals surface area contributed by atoms with Crippen LogP contribution in [0.2, 0.25) is 0 Å². The molecule has 21 heavy (non-hydrogen) atoms. The number of hydrogen-bond acceptors (Lipinski definition) is 4. The summed E-state index contributed by atoms with van der Waals surface area (Å²) in [5.41, 5.74) is 4.12. The molecule has 0 N–H and O–H groups in total. The minimum atomic E-state index is -0.321. The Labute approximate surface area is 127 Å². The summed E-state index contributed by atoms with van der Waals surface area (Å²) in [7, 11) is 0. The second-order valence-electron chi connectivity index (χ2n) is 5.03. The molecule has 1 aromatic heterocycles. The fourth-order valence-corrected chi connectivity index (χ4v) is 3.47. The second kappa shape index (κ2) is 5.30. The van der Waals surface area contributed by atoms with Crippen molar-refractivity contribution >= 4 is 27.5 Å². The molecule has 0 radical (unpaired) electrons. The maximum absolute atomic E-state index is 11.3. The molecule has 0 spiro atoms. The Morgan fingerprint density at radius 3 is 2.76 bits per heavy atom. The second-order valence-corrected chi connectivity index (χ2v) is 6.06. The SMILES string of the molecule is CC(=O)Oc1cccc(C)c1-c1nc2ccc(C)cc2s1. The average Bonchev–Trinajstić information content (AvgIpc) is 2.80. The summed E-state index contributed by atoms with van der Waals surface area (Å²) in [5, 5.41) is 0.880. The van der Waals surface area contributed by atoms with Gasteiger partial charge in [0.25, 0.3) is 0 Å². The van der Waals surface area contributed by atoms with E-state index in [-0.39, 0.29) is 5.97 Å². The van der Waals surface area contributed by atoms with Gasteiger partial charge in [0.15, 0.2) is 0 Å². The van der Waals surface area contributed by atoms with Crippen molar-refractivity contribution in [2.45, 2.75) is 20.8 Å². The van der Waals surface area contributed by atoms with Crippen molar-refractivity contribution in [3.8, 4) is 16.3 Å². The van der Waals surface area contributed by atoms with E-state index in [1.807, 2.05) is 25.1 Å². The summed E-state index contributed by atoms with van der Waals surface area (Å²) in [6.07, 6.45) is 0. The van der Waals surface area contributed by atoms with Gasteiger partial charge in [-0.1, -0.05) is 18.2 Å². The summed E-state index contributed by atoms with van der Waals surface area (Å²) in [6.45, 7) is 5.48. The van der Waals surface area contributed by atoms with Gasteiger partial charge in [-0.05, 0) is 43.2 Å². The fourth-order valence-electron chi connectivity index (χ4n) is 2.29. The minimum Gasteiger partial charge on any atom is -0.426 e. The van der Waals surface area contributed by atoms with Gasteiger partial charge in [0.2, 0.25) is 0 Å². The van der Waals surface area contributed by atoms with Crippen molar-refractivity contribution in [1.29, 1.82) is 0 Å². The maximum Gasteiger partial charge on any atom is 0.308 e. The summed E-state index contributed by atoms with van der Waals surface area (Å²) >= 11 is 1.62. The number of rotatable bonds is 2. The molecule has 3 nitrogen and oxygen atoms in total. The highest BCUT2D eigenvalue weighted by molar-refractivity contribution is 7.21. The summed E-state index contributed by atoms with van der Waals surface area (Å²) < 4.78 is 6.47. The predicted molar refractivity (Wildman–Crippen MR) is 85.8 cm³/mol. The smallest absolute Gasteiger partial charge is 0.308 e. The molecule has 0 unspecified atom stereocenters. The van der Waals surface area contributed by atoms with Crippen LogP contribution in [-0.4, -0.2) is 11.0 Å². The third kappa shape index (κ3) is 2.67. The zero-order chi connectivity index (χ0) is 15.0. The van der Waals surface area contributed by atoms with Crippen LogP contribution in [0.4, 0.5) is 0 Å². The van der Waals surface area contributed by atoms with Gasteiger partial charge in [0.05, 0.1) is 15.8 Å². The van der Waals surface area contributed by atoms with E-state index in [1.165, 1.54) is 12.5 Å². The molecule has 0 saturated carbocycles. The zero-order valence-corrected chi connectivity index (χ0v) is 13.0. The number of aryl methyl sites for hydroxylation is 2. The highest BCUT2D eigenvalue weighted by atomic mass is 32.1. The molecule has 0 aliphatic carbocycles. The first-order valence-corrected chi connectivity index (χ1v) is 7.52. The molecule has 0 bridgehead atoms. The molecule has 0 aliphatic rings. The third-order valence-corrected chi connectivity index (χ3v) is 4.28. The highest BCUT2D eigenvalue weighted by Crippen LogP contribution is 2.38. The first-order valence-electron chi connectivity index (χ1n) is 6.70. The fraction of sp³-hybridized carbons (Fsp3) is 0.176. The van der Waals surface area contributed by atoms with Crippen molar-refractivity contribution < 1.29 is 9.53 Å². The van der Waals surface area contributed by atoms with Gasteiger partial charge in [-0.2, -0.15) is 0 Å². The van der Waals surface area contributed by atoms with Crippen LogP contribution in [0.5, 0.6) is 5.75 Å². The van der Waals surface area contributed by atoms with E-state index in [9.17, 15) is 4.79 Å². The Bertz CT molecular complexity index is 836. The molecule has 2 aromatic carbocycles. The molecule has 106 valence electrons. The number of nitrogens with zero attached hydrogens (tertiary/aromatic N) is 1. The lowest BCUT2D eigenvalue weighted by Crippen LogP contribution is -2.03. The van der Waals surface area contributed by atoms with Gasteiger partial charge in [-0.3, -0.25) is 4.79 Å². The zero-order valence-electron chi connectivity index (χ0n) is 12.1. The van der Waals surface area contributed by atoms with E-state index in [0.717, 1.165) is 26.4 Å². The minimum absolute atomic E-state index is 0.321. The van der Waals surface area contributed by atoms with Crippen molar-refractivity contribution in [2.24, 2.45) is 0 Å². The van der Waals surface area contributed by atoms with E-state index in [2.05, 4.69) is 24.0 Å². The summed E-state index contributed by atoms with van der Waals surface area (Å²) in [6, 6.07) is 11.9. The summed E-state index contributed by atoms with van der Waals surface area (Å²) in [4.78, 5) is 16.0. The van der Waals surface area contributed by atoms with Crippen LogP contribution in [0.25, 0.3) is 20.8 Å². The van der Waals surface area contributed by atoms with Crippen LogP contribution in [0.1, 0.15) is 18.1 Å². The quantitative estimate of drug-likeness (QED) is 0.516. The van der Waals surface area contributed by atoms with Crippen LogP contribution in [0.15, 0.2) is 36.4 Å². The first-order chi connectivity index (χ1) is 10.0. The number of esters is 1. The van der Waals surface area contributed by atoms with E-state index in [0.29, 0.717) is 5.75 Å². The molecule has 1 heterocycles. The Morgan fingerprint density at radius 1 is 1.19 bits per heavy atom. The van der Waals surface area contributed by atoms with E-state index in [4.69, 9.17) is 4.74 Å². The van der Waals surface area contributed by atoms with Crippen LogP contribution >= 0.6 is 11.3 Å². The average molecular weight is 297 g/mol. The number of carbonyl (C=O) groups excluding carboxylic acids is 1. The van der Waals surface area contributed by atoms with Crippen molar-refractivity contribution in [2.75, 3.05) is 0 Å². The number of thiazole rings is 1. The standard InChI is InChI=1S/C17H15NO2S/c1-10-7-8-13-15(9-10)21-17(18-13)16-11(2)5-4-6-14(16)20-12(3)19/h4-9H,1-3H3. The molecular weight excluding hydrogens is 282 g/mol. The van der Waals surface area contributed by atoms with Crippen molar-refractivity contribution in [1.82, 2.24) is 4.98 Å². The lowest BCUT2D eigenvalue weighted by molar-refractivity contribution is -0.131. The molecule has 0 saturated heterocycles. The van der Waals surface area contributed by atoms with Gasteiger partial charge in [-0.15, -0.1) is 11.3 Å². The number of carbonyl (C=O) groups is 1. The van der Waals surface area contributed by atoms with Crippen molar-refractivity contribution in [3.05, 3.63) is 47.5 Å². The van der Waals surface area contributed by atoms with Gasteiger partial charge in [0, 0.05) is 6.92 Å². The molecule has 3 rings (SSSR count). The maximum atomic E-state index is 11.3. The van der Waals surface area contributed by atoms with Crippen LogP contribution in [0.3, 0.4) is 0 Å². The summed E-state index contributed by atoms with van der Waals surface area (Å²) in [5.74, 6) is 0.247.